The van der Waals surface area contributed by atoms with Gasteiger partial charge in [-0.25, -0.2) is 0 Å². The summed E-state index contributed by atoms with van der Waals surface area (Å²) in [6.07, 6.45) is 3.51. The first-order valence-electron chi connectivity index (χ1n) is 8.92. The number of methoxy groups -OCH3 is 1. The summed E-state index contributed by atoms with van der Waals surface area (Å²) in [6.45, 7) is 1.58. The van der Waals surface area contributed by atoms with Crippen LogP contribution in [0.15, 0.2) is 42.6 Å². The highest BCUT2D eigenvalue weighted by molar-refractivity contribution is 5.98. The Hall–Kier alpha value is -2.93. The van der Waals surface area contributed by atoms with Crippen molar-refractivity contribution >= 4 is 11.8 Å². The predicted molar refractivity (Wildman–Crippen MR) is 99.7 cm³/mol. The largest absolute Gasteiger partial charge is 0.497 e. The highest BCUT2D eigenvalue weighted by Crippen LogP contribution is 2.12. The van der Waals surface area contributed by atoms with E-state index in [2.05, 4.69) is 15.6 Å². The summed E-state index contributed by atoms with van der Waals surface area (Å²) in [6, 6.07) is 10.5. The Morgan fingerprint density at radius 2 is 2.00 bits per heavy atom. The first-order chi connectivity index (χ1) is 13.2. The van der Waals surface area contributed by atoms with Gasteiger partial charge in [0.2, 0.25) is 0 Å². The number of pyridine rings is 1. The van der Waals surface area contributed by atoms with Crippen LogP contribution in [0.4, 0.5) is 0 Å². The van der Waals surface area contributed by atoms with Gasteiger partial charge in [-0.2, -0.15) is 0 Å². The lowest BCUT2D eigenvalue weighted by molar-refractivity contribution is 0.0857. The maximum absolute atomic E-state index is 12.3. The fourth-order valence-electron chi connectivity index (χ4n) is 2.83. The average Bonchev–Trinajstić information content (AvgIpc) is 3.24. The molecule has 2 aromatic rings. The number of rotatable bonds is 7. The molecular formula is C20H23N3O4. The van der Waals surface area contributed by atoms with Gasteiger partial charge in [0.1, 0.15) is 11.4 Å². The number of nitrogens with zero attached hydrogens (tertiary/aromatic N) is 1. The Labute approximate surface area is 158 Å². The number of carbonyl (C=O) groups is 2. The molecule has 27 heavy (non-hydrogen) atoms. The predicted octanol–water partition coefficient (Wildman–Crippen LogP) is 1.93. The molecule has 0 radical (unpaired) electrons. The van der Waals surface area contributed by atoms with Crippen molar-refractivity contribution in [2.45, 2.75) is 25.5 Å². The fourth-order valence-corrected chi connectivity index (χ4v) is 2.83. The average molecular weight is 369 g/mol. The first-order valence-corrected chi connectivity index (χ1v) is 8.92. The first kappa shape index (κ1) is 18.8. The monoisotopic (exact) mass is 369 g/mol. The minimum Gasteiger partial charge on any atom is -0.497 e. The summed E-state index contributed by atoms with van der Waals surface area (Å²) in [5.74, 6) is 0.185. The lowest BCUT2D eigenvalue weighted by Crippen LogP contribution is -2.32. The number of amides is 2. The van der Waals surface area contributed by atoms with Gasteiger partial charge in [-0.05, 0) is 42.7 Å². The van der Waals surface area contributed by atoms with Crippen LogP contribution < -0.4 is 15.4 Å². The Morgan fingerprint density at radius 3 is 2.70 bits per heavy atom. The Morgan fingerprint density at radius 1 is 1.19 bits per heavy atom. The fraction of sp³-hybridized carbons (Fsp3) is 0.350. The molecule has 1 saturated heterocycles. The number of benzene rings is 1. The third kappa shape index (κ3) is 5.27. The van der Waals surface area contributed by atoms with E-state index in [0.717, 1.165) is 30.8 Å². The number of ether oxygens (including phenoxy) is 2. The summed E-state index contributed by atoms with van der Waals surface area (Å²) >= 11 is 0. The molecule has 0 saturated carbocycles. The summed E-state index contributed by atoms with van der Waals surface area (Å²) in [7, 11) is 1.60. The Kier molecular flexibility index (Phi) is 6.38. The second-order valence-electron chi connectivity index (χ2n) is 6.31. The van der Waals surface area contributed by atoms with Gasteiger partial charge in [-0.3, -0.25) is 14.6 Å². The van der Waals surface area contributed by atoms with Crippen LogP contribution in [-0.2, 0) is 11.3 Å². The smallest absolute Gasteiger partial charge is 0.270 e. The lowest BCUT2D eigenvalue weighted by atomic mass is 10.2. The Balaban J connectivity index is 1.54. The van der Waals surface area contributed by atoms with Gasteiger partial charge in [-0.15, -0.1) is 0 Å². The molecule has 2 heterocycles. The zero-order valence-corrected chi connectivity index (χ0v) is 15.2. The van der Waals surface area contributed by atoms with Crippen LogP contribution in [-0.4, -0.2) is 43.2 Å². The van der Waals surface area contributed by atoms with Crippen LogP contribution in [0.5, 0.6) is 5.75 Å². The number of aromatic nitrogens is 1. The van der Waals surface area contributed by atoms with Crippen molar-refractivity contribution in [3.63, 3.8) is 0 Å². The van der Waals surface area contributed by atoms with Crippen molar-refractivity contribution in [3.8, 4) is 5.75 Å². The highest BCUT2D eigenvalue weighted by atomic mass is 16.5. The minimum atomic E-state index is -0.334. The molecule has 2 N–H and O–H groups in total. The van der Waals surface area contributed by atoms with Crippen molar-refractivity contribution < 1.29 is 19.1 Å². The zero-order chi connectivity index (χ0) is 19.1. The Bertz CT molecular complexity index is 786. The maximum Gasteiger partial charge on any atom is 0.270 e. The molecule has 0 aliphatic carbocycles. The molecular weight excluding hydrogens is 346 g/mol. The van der Waals surface area contributed by atoms with Crippen LogP contribution in [0.2, 0.25) is 0 Å². The molecule has 1 aromatic carbocycles. The third-order valence-electron chi connectivity index (χ3n) is 4.38. The van der Waals surface area contributed by atoms with Crippen LogP contribution in [0.3, 0.4) is 0 Å². The van der Waals surface area contributed by atoms with Gasteiger partial charge in [0, 0.05) is 31.5 Å². The molecule has 2 amide bonds. The van der Waals surface area contributed by atoms with Crippen molar-refractivity contribution in [2.24, 2.45) is 0 Å². The van der Waals surface area contributed by atoms with Gasteiger partial charge in [0.05, 0.1) is 13.2 Å². The van der Waals surface area contributed by atoms with E-state index in [9.17, 15) is 9.59 Å². The van der Waals surface area contributed by atoms with Gasteiger partial charge in [0.15, 0.2) is 0 Å². The van der Waals surface area contributed by atoms with Crippen LogP contribution in [0.25, 0.3) is 0 Å². The van der Waals surface area contributed by atoms with Crippen LogP contribution >= 0.6 is 0 Å². The number of hydrogen-bond acceptors (Lipinski definition) is 5. The summed E-state index contributed by atoms with van der Waals surface area (Å²) in [4.78, 5) is 28.7. The van der Waals surface area contributed by atoms with Gasteiger partial charge in [-0.1, -0.05) is 12.1 Å². The van der Waals surface area contributed by atoms with Gasteiger partial charge in [0.25, 0.3) is 11.8 Å². The third-order valence-corrected chi connectivity index (χ3v) is 4.38. The molecule has 1 aliphatic rings. The van der Waals surface area contributed by atoms with Crippen molar-refractivity contribution in [3.05, 3.63) is 59.4 Å². The maximum atomic E-state index is 12.3. The quantitative estimate of drug-likeness (QED) is 0.778. The second-order valence-corrected chi connectivity index (χ2v) is 6.31. The van der Waals surface area contributed by atoms with E-state index in [1.165, 1.54) is 12.3 Å². The molecule has 1 fully saturated rings. The van der Waals surface area contributed by atoms with E-state index >= 15 is 0 Å². The standard InChI is InChI=1S/C20H23N3O4/c1-26-16-6-4-14(5-7-16)12-22-20(25)18-11-15(8-9-21-18)19(24)23-13-17-3-2-10-27-17/h4-9,11,17H,2-3,10,12-13H2,1H3,(H,22,25)(H,23,24). The van der Waals surface area contributed by atoms with E-state index in [0.29, 0.717) is 18.7 Å². The molecule has 0 spiro atoms. The second kappa shape index (κ2) is 9.14. The van der Waals surface area contributed by atoms with Crippen molar-refractivity contribution in [1.29, 1.82) is 0 Å². The molecule has 1 unspecified atom stereocenters. The molecule has 7 nitrogen and oxygen atoms in total. The summed E-state index contributed by atoms with van der Waals surface area (Å²) < 4.78 is 10.6. The van der Waals surface area contributed by atoms with Gasteiger partial charge < -0.3 is 20.1 Å². The minimum absolute atomic E-state index is 0.0723. The number of hydrogen-bond donors (Lipinski definition) is 2. The van der Waals surface area contributed by atoms with E-state index in [1.54, 1.807) is 13.2 Å². The SMILES string of the molecule is COc1ccc(CNC(=O)c2cc(C(=O)NCC3CCCO3)ccn2)cc1. The van der Waals surface area contributed by atoms with Crippen molar-refractivity contribution in [1.82, 2.24) is 15.6 Å². The van der Waals surface area contributed by atoms with Gasteiger partial charge >= 0.3 is 0 Å². The van der Waals surface area contributed by atoms with E-state index < -0.39 is 0 Å². The molecule has 1 aromatic heterocycles. The number of carbonyl (C=O) groups excluding carboxylic acids is 2. The topological polar surface area (TPSA) is 89.5 Å². The van der Waals surface area contributed by atoms with E-state index in [1.807, 2.05) is 24.3 Å². The summed E-state index contributed by atoms with van der Waals surface area (Å²) in [5.41, 5.74) is 1.54. The molecule has 1 aliphatic heterocycles. The molecule has 142 valence electrons. The zero-order valence-electron chi connectivity index (χ0n) is 15.2. The van der Waals surface area contributed by atoms with E-state index in [-0.39, 0.29) is 23.6 Å². The molecule has 3 rings (SSSR count). The van der Waals surface area contributed by atoms with Crippen LogP contribution in [0.1, 0.15) is 39.3 Å². The highest BCUT2D eigenvalue weighted by Gasteiger charge is 2.17. The van der Waals surface area contributed by atoms with Crippen molar-refractivity contribution in [2.75, 3.05) is 20.3 Å². The lowest BCUT2D eigenvalue weighted by Gasteiger charge is -2.11. The van der Waals surface area contributed by atoms with Crippen LogP contribution in [0, 0.1) is 0 Å². The number of nitrogens with one attached hydrogen (secondary N) is 2. The molecule has 1 atom stereocenters. The molecule has 0 bridgehead atoms. The summed E-state index contributed by atoms with van der Waals surface area (Å²) in [5, 5.41) is 5.64. The normalized spacial score (nSPS) is 16.0. The molecule has 7 heteroatoms. The van der Waals surface area contributed by atoms with E-state index in [4.69, 9.17) is 9.47 Å².